The van der Waals surface area contributed by atoms with Crippen molar-refractivity contribution in [3.63, 3.8) is 0 Å². The molecule has 7 fully saturated rings. The molecule has 7 aliphatic rings. The second kappa shape index (κ2) is 4.85. The molecule has 5 nitrogen and oxygen atoms in total. The number of hydrogen-bond donors (Lipinski definition) is 1. The van der Waals surface area contributed by atoms with Crippen molar-refractivity contribution in [2.45, 2.75) is 64.2 Å². The van der Waals surface area contributed by atoms with Crippen molar-refractivity contribution in [3.05, 3.63) is 12.2 Å². The van der Waals surface area contributed by atoms with E-state index in [4.69, 9.17) is 4.74 Å². The van der Waals surface area contributed by atoms with E-state index < -0.39 is 16.9 Å². The smallest absolute Gasteiger partial charge is 0.230 e. The van der Waals surface area contributed by atoms with Crippen LogP contribution in [0, 0.1) is 34.0 Å². The van der Waals surface area contributed by atoms with E-state index in [1.807, 2.05) is 4.90 Å². The first-order valence-electron chi connectivity index (χ1n) is 10.7. The molecule has 5 aliphatic carbocycles. The van der Waals surface area contributed by atoms with Gasteiger partial charge in [-0.05, 0) is 61.9 Å². The van der Waals surface area contributed by atoms with E-state index >= 15 is 0 Å². The molecule has 4 bridgehead atoms. The first kappa shape index (κ1) is 16.7. The molecule has 27 heavy (non-hydrogen) atoms. The third-order valence-electron chi connectivity index (χ3n) is 9.78. The van der Waals surface area contributed by atoms with Crippen LogP contribution in [0.3, 0.4) is 0 Å². The number of piperidine rings is 1. The summed E-state index contributed by atoms with van der Waals surface area (Å²) in [5, 5.41) is 11.4. The largest absolute Gasteiger partial charge is 0.392 e. The van der Waals surface area contributed by atoms with E-state index in [0.717, 1.165) is 44.1 Å². The molecule has 8 atom stereocenters. The van der Waals surface area contributed by atoms with E-state index in [1.54, 1.807) is 0 Å². The maximum atomic E-state index is 13.4. The Bertz CT molecular complexity index is 778. The maximum absolute atomic E-state index is 13.4. The quantitative estimate of drug-likeness (QED) is 0.664. The number of hydrogen-bond acceptors (Lipinski definition) is 4. The number of ketones is 1. The SMILES string of the molecule is C=C1C(=O)[C@]23CC[C@H]1CC2C12CCC[C@@](C)(C(=O)N4CCO[C@@H]41)C2C[C@H]3O. The highest BCUT2D eigenvalue weighted by Crippen LogP contribution is 2.74. The van der Waals surface area contributed by atoms with Crippen molar-refractivity contribution in [1.29, 1.82) is 0 Å². The summed E-state index contributed by atoms with van der Waals surface area (Å²) in [4.78, 5) is 28.8. The highest BCUT2D eigenvalue weighted by atomic mass is 16.5. The van der Waals surface area contributed by atoms with Gasteiger partial charge in [0.25, 0.3) is 0 Å². The minimum absolute atomic E-state index is 0.105. The Morgan fingerprint density at radius 2 is 2.00 bits per heavy atom. The van der Waals surface area contributed by atoms with E-state index in [9.17, 15) is 14.7 Å². The van der Waals surface area contributed by atoms with Gasteiger partial charge < -0.3 is 14.7 Å². The fourth-order valence-electron chi connectivity index (χ4n) is 8.73. The van der Waals surface area contributed by atoms with Crippen LogP contribution in [-0.2, 0) is 14.3 Å². The number of carbonyl (C=O) groups is 2. The molecular weight excluding hydrogens is 342 g/mol. The third-order valence-corrected chi connectivity index (χ3v) is 9.78. The predicted octanol–water partition coefficient (Wildman–Crippen LogP) is 2.28. The van der Waals surface area contributed by atoms with E-state index in [0.29, 0.717) is 19.6 Å². The number of nitrogens with zero attached hydrogens (tertiary/aromatic N) is 1. The Kier molecular flexibility index (Phi) is 3.01. The lowest BCUT2D eigenvalue weighted by Gasteiger charge is -2.72. The fourth-order valence-corrected chi connectivity index (χ4v) is 8.73. The van der Waals surface area contributed by atoms with Gasteiger partial charge in [0.15, 0.2) is 5.78 Å². The molecule has 0 aromatic heterocycles. The zero-order chi connectivity index (χ0) is 18.8. The molecule has 0 radical (unpaired) electrons. The molecule has 1 N–H and O–H groups in total. The second-order valence-electron chi connectivity index (χ2n) is 10.3. The van der Waals surface area contributed by atoms with Crippen LogP contribution in [0.4, 0.5) is 0 Å². The van der Waals surface area contributed by atoms with Crippen LogP contribution in [-0.4, -0.2) is 47.2 Å². The van der Waals surface area contributed by atoms with Crippen molar-refractivity contribution in [3.8, 4) is 0 Å². The number of ether oxygens (including phenoxy) is 1. The average molecular weight is 371 g/mol. The van der Waals surface area contributed by atoms with Gasteiger partial charge in [-0.25, -0.2) is 0 Å². The van der Waals surface area contributed by atoms with Gasteiger partial charge in [0.2, 0.25) is 5.91 Å². The van der Waals surface area contributed by atoms with Gasteiger partial charge in [0.1, 0.15) is 6.23 Å². The molecule has 2 heterocycles. The van der Waals surface area contributed by atoms with Crippen LogP contribution in [0.15, 0.2) is 12.2 Å². The molecule has 0 aromatic rings. The number of fused-ring (bicyclic) bond motifs is 3. The number of carbonyl (C=O) groups excluding carboxylic acids is 2. The van der Waals surface area contributed by atoms with Crippen LogP contribution in [0.2, 0.25) is 0 Å². The topological polar surface area (TPSA) is 66.8 Å². The number of amides is 1. The van der Waals surface area contributed by atoms with Crippen molar-refractivity contribution in [1.82, 2.24) is 4.90 Å². The summed E-state index contributed by atoms with van der Waals surface area (Å²) in [6.45, 7) is 7.49. The van der Waals surface area contributed by atoms with Crippen molar-refractivity contribution in [2.24, 2.45) is 34.0 Å². The van der Waals surface area contributed by atoms with Crippen LogP contribution in [0.5, 0.6) is 0 Å². The summed E-state index contributed by atoms with van der Waals surface area (Å²) in [6.07, 6.45) is 5.24. The predicted molar refractivity (Wildman–Crippen MR) is 97.4 cm³/mol. The Morgan fingerprint density at radius 1 is 1.19 bits per heavy atom. The summed E-state index contributed by atoms with van der Waals surface area (Å²) in [6, 6.07) is 0. The van der Waals surface area contributed by atoms with E-state index in [2.05, 4.69) is 13.5 Å². The van der Waals surface area contributed by atoms with Crippen LogP contribution >= 0.6 is 0 Å². The van der Waals surface area contributed by atoms with Gasteiger partial charge in [0.05, 0.1) is 23.5 Å². The number of aliphatic hydroxyl groups excluding tert-OH is 1. The van der Waals surface area contributed by atoms with Crippen molar-refractivity contribution < 1.29 is 19.4 Å². The number of allylic oxidation sites excluding steroid dienone is 1. The molecule has 1 amide bonds. The maximum Gasteiger partial charge on any atom is 0.230 e. The molecule has 5 heteroatoms. The van der Waals surface area contributed by atoms with Gasteiger partial charge in [-0.3, -0.25) is 9.59 Å². The zero-order valence-corrected chi connectivity index (χ0v) is 16.1. The molecule has 2 aliphatic heterocycles. The summed E-state index contributed by atoms with van der Waals surface area (Å²) < 4.78 is 6.26. The summed E-state index contributed by atoms with van der Waals surface area (Å²) in [5.74, 6) is 0.782. The van der Waals surface area contributed by atoms with E-state index in [-0.39, 0.29) is 41.1 Å². The molecular formula is C22H29NO4. The van der Waals surface area contributed by atoms with Gasteiger partial charge in [-0.15, -0.1) is 0 Å². The fraction of sp³-hybridized carbons (Fsp3) is 0.818. The van der Waals surface area contributed by atoms with Crippen LogP contribution < -0.4 is 0 Å². The molecule has 1 spiro atoms. The highest BCUT2D eigenvalue weighted by molar-refractivity contribution is 6.02. The zero-order valence-electron chi connectivity index (χ0n) is 16.1. The molecule has 5 saturated carbocycles. The Balaban J connectivity index is 1.59. The van der Waals surface area contributed by atoms with Crippen molar-refractivity contribution in [2.75, 3.05) is 13.2 Å². The molecule has 146 valence electrons. The normalized spacial score (nSPS) is 56.0. The van der Waals surface area contributed by atoms with Crippen LogP contribution in [0.25, 0.3) is 0 Å². The van der Waals surface area contributed by atoms with Gasteiger partial charge in [0, 0.05) is 12.0 Å². The average Bonchev–Trinajstić information content (AvgIpc) is 3.15. The lowest BCUT2D eigenvalue weighted by atomic mass is 9.34. The highest BCUT2D eigenvalue weighted by Gasteiger charge is 2.77. The van der Waals surface area contributed by atoms with Gasteiger partial charge >= 0.3 is 0 Å². The number of Topliss-reactive ketones (excluding diaryl/α,β-unsaturated/α-hetero) is 1. The second-order valence-corrected chi connectivity index (χ2v) is 10.3. The lowest BCUT2D eigenvalue weighted by Crippen LogP contribution is -2.77. The number of rotatable bonds is 0. The van der Waals surface area contributed by atoms with Crippen molar-refractivity contribution >= 4 is 11.7 Å². The minimum Gasteiger partial charge on any atom is -0.392 e. The lowest BCUT2D eigenvalue weighted by molar-refractivity contribution is -0.281. The Morgan fingerprint density at radius 3 is 2.81 bits per heavy atom. The molecule has 7 rings (SSSR count). The third kappa shape index (κ3) is 1.56. The Hall–Kier alpha value is -1.20. The first-order chi connectivity index (χ1) is 12.9. The minimum atomic E-state index is -0.696. The monoisotopic (exact) mass is 371 g/mol. The summed E-state index contributed by atoms with van der Waals surface area (Å²) in [5.41, 5.74) is -0.576. The standard InChI is InChI=1S/C22H29NO4/c1-12-13-4-7-22(17(12)25)15(10-13)21-6-3-5-20(2,14(21)11-16(22)24)18(26)23-8-9-27-19(21)23/h13-16,19,24H,1,3-11H2,2H3/t13-,14?,15?,16+,19+,20+,21?,22+/m0/s1. The van der Waals surface area contributed by atoms with E-state index in [1.165, 1.54) is 0 Å². The van der Waals surface area contributed by atoms with Crippen LogP contribution in [0.1, 0.15) is 51.9 Å². The summed E-state index contributed by atoms with van der Waals surface area (Å²) >= 11 is 0. The van der Waals surface area contributed by atoms with Gasteiger partial charge in [-0.1, -0.05) is 19.9 Å². The molecule has 0 aromatic carbocycles. The van der Waals surface area contributed by atoms with Gasteiger partial charge in [-0.2, -0.15) is 0 Å². The Labute approximate surface area is 160 Å². The molecule has 3 unspecified atom stereocenters. The summed E-state index contributed by atoms with van der Waals surface area (Å²) in [7, 11) is 0. The molecule has 2 saturated heterocycles. The first-order valence-corrected chi connectivity index (χ1v) is 10.7. The number of aliphatic hydroxyl groups is 1.